The molecule has 2 N–H and O–H groups in total. The number of hydrogen-bond acceptors (Lipinski definition) is 4. The Labute approximate surface area is 166 Å². The van der Waals surface area contributed by atoms with E-state index in [-0.39, 0.29) is 5.91 Å². The summed E-state index contributed by atoms with van der Waals surface area (Å²) in [6, 6.07) is 11.2. The first-order valence-electron chi connectivity index (χ1n) is 10.7. The van der Waals surface area contributed by atoms with Crippen LogP contribution in [-0.2, 0) is 13.0 Å². The van der Waals surface area contributed by atoms with E-state index in [2.05, 4.69) is 46.3 Å². The van der Waals surface area contributed by atoms with E-state index >= 15 is 0 Å². The van der Waals surface area contributed by atoms with Crippen LogP contribution in [0.3, 0.4) is 0 Å². The van der Waals surface area contributed by atoms with Crippen molar-refractivity contribution in [1.82, 2.24) is 25.5 Å². The predicted octanol–water partition coefficient (Wildman–Crippen LogP) is 2.33. The van der Waals surface area contributed by atoms with Gasteiger partial charge in [0.05, 0.1) is 17.5 Å². The number of hydrazine groups is 1. The molecule has 1 aromatic carbocycles. The van der Waals surface area contributed by atoms with Gasteiger partial charge in [0, 0.05) is 38.1 Å². The van der Waals surface area contributed by atoms with Crippen LogP contribution in [-0.4, -0.2) is 46.3 Å². The topological polar surface area (TPSA) is 62.2 Å². The summed E-state index contributed by atoms with van der Waals surface area (Å²) in [5.41, 5.74) is 10.3. The quantitative estimate of drug-likeness (QED) is 0.859. The zero-order valence-corrected chi connectivity index (χ0v) is 16.3. The van der Waals surface area contributed by atoms with E-state index < -0.39 is 0 Å². The highest BCUT2D eigenvalue weighted by atomic mass is 16.2. The molecule has 0 radical (unpaired) electrons. The summed E-state index contributed by atoms with van der Waals surface area (Å²) in [4.78, 5) is 15.1. The molecule has 6 heteroatoms. The number of carbonyl (C=O) groups is 1. The van der Waals surface area contributed by atoms with Crippen LogP contribution in [0.25, 0.3) is 0 Å². The van der Waals surface area contributed by atoms with Crippen molar-refractivity contribution < 1.29 is 4.79 Å². The normalized spacial score (nSPS) is 25.6. The number of aryl methyl sites for hydroxylation is 1. The molecule has 2 saturated heterocycles. The SMILES string of the molecule is O=C(c1cnn2c1CCCC2)N1CCC(C2NNCC2c2ccccc2)CC1. The summed E-state index contributed by atoms with van der Waals surface area (Å²) >= 11 is 0. The molecule has 2 atom stereocenters. The largest absolute Gasteiger partial charge is 0.339 e. The number of carbonyl (C=O) groups excluding carboxylic acids is 1. The second-order valence-electron chi connectivity index (χ2n) is 8.38. The number of fused-ring (bicyclic) bond motifs is 1. The van der Waals surface area contributed by atoms with E-state index in [1.807, 2.05) is 9.58 Å². The maximum Gasteiger partial charge on any atom is 0.257 e. The fourth-order valence-electron chi connectivity index (χ4n) is 5.22. The number of rotatable bonds is 3. The maximum atomic E-state index is 13.1. The number of piperidine rings is 1. The first-order chi connectivity index (χ1) is 13.8. The van der Waals surface area contributed by atoms with E-state index in [4.69, 9.17) is 0 Å². The van der Waals surface area contributed by atoms with Gasteiger partial charge in [0.25, 0.3) is 5.91 Å². The third-order valence-electron chi connectivity index (χ3n) is 6.80. The number of benzene rings is 1. The standard InChI is InChI=1S/C22H29N5O/c28-22(19-15-24-27-11-5-4-8-20(19)27)26-12-9-17(10-13-26)21-18(14-23-25-21)16-6-2-1-3-7-16/h1-3,6-7,15,17-18,21,23,25H,4-5,8-14H2. The van der Waals surface area contributed by atoms with Crippen LogP contribution >= 0.6 is 0 Å². The monoisotopic (exact) mass is 379 g/mol. The van der Waals surface area contributed by atoms with Crippen molar-refractivity contribution >= 4 is 5.91 Å². The highest BCUT2D eigenvalue weighted by Crippen LogP contribution is 2.33. The number of amides is 1. The van der Waals surface area contributed by atoms with Gasteiger partial charge in [0.2, 0.25) is 0 Å². The van der Waals surface area contributed by atoms with Crippen molar-refractivity contribution in [1.29, 1.82) is 0 Å². The predicted molar refractivity (Wildman–Crippen MR) is 108 cm³/mol. The Bertz CT molecular complexity index is 825. The molecule has 148 valence electrons. The van der Waals surface area contributed by atoms with Crippen LogP contribution in [0.1, 0.15) is 53.2 Å². The van der Waals surface area contributed by atoms with Gasteiger partial charge in [-0.1, -0.05) is 30.3 Å². The van der Waals surface area contributed by atoms with E-state index in [1.54, 1.807) is 6.20 Å². The highest BCUT2D eigenvalue weighted by Gasteiger charge is 2.37. The van der Waals surface area contributed by atoms with Crippen molar-refractivity contribution in [3.05, 3.63) is 53.3 Å². The van der Waals surface area contributed by atoms with Gasteiger partial charge in [-0.15, -0.1) is 0 Å². The van der Waals surface area contributed by atoms with Gasteiger partial charge >= 0.3 is 0 Å². The lowest BCUT2D eigenvalue weighted by atomic mass is 9.80. The second-order valence-corrected chi connectivity index (χ2v) is 8.38. The lowest BCUT2D eigenvalue weighted by molar-refractivity contribution is 0.0668. The first-order valence-corrected chi connectivity index (χ1v) is 10.7. The van der Waals surface area contributed by atoms with Crippen molar-refractivity contribution in [3.63, 3.8) is 0 Å². The molecule has 2 aromatic rings. The van der Waals surface area contributed by atoms with Gasteiger partial charge in [-0.3, -0.25) is 20.3 Å². The number of hydrogen-bond donors (Lipinski definition) is 2. The minimum atomic E-state index is 0.179. The smallest absolute Gasteiger partial charge is 0.257 e. The summed E-state index contributed by atoms with van der Waals surface area (Å²) in [5.74, 6) is 1.26. The van der Waals surface area contributed by atoms with Gasteiger partial charge in [0.1, 0.15) is 0 Å². The zero-order chi connectivity index (χ0) is 18.9. The Morgan fingerprint density at radius 2 is 1.89 bits per heavy atom. The van der Waals surface area contributed by atoms with Crippen LogP contribution in [0.4, 0.5) is 0 Å². The molecule has 0 bridgehead atoms. The van der Waals surface area contributed by atoms with Crippen molar-refractivity contribution in [2.45, 2.75) is 50.6 Å². The van der Waals surface area contributed by atoms with Gasteiger partial charge in [-0.2, -0.15) is 5.10 Å². The molecule has 3 aliphatic rings. The average molecular weight is 380 g/mol. The lowest BCUT2D eigenvalue weighted by Gasteiger charge is -2.36. The molecule has 0 aliphatic carbocycles. The summed E-state index contributed by atoms with van der Waals surface area (Å²) < 4.78 is 2.03. The lowest BCUT2D eigenvalue weighted by Crippen LogP contribution is -2.46. The summed E-state index contributed by atoms with van der Waals surface area (Å²) in [7, 11) is 0. The Morgan fingerprint density at radius 3 is 2.71 bits per heavy atom. The van der Waals surface area contributed by atoms with Gasteiger partial charge in [0.15, 0.2) is 0 Å². The van der Waals surface area contributed by atoms with Gasteiger partial charge in [-0.25, -0.2) is 0 Å². The second kappa shape index (κ2) is 7.68. The van der Waals surface area contributed by atoms with Crippen molar-refractivity contribution in [2.24, 2.45) is 5.92 Å². The maximum absolute atomic E-state index is 13.1. The summed E-state index contributed by atoms with van der Waals surface area (Å²) in [5, 5.41) is 4.45. The highest BCUT2D eigenvalue weighted by molar-refractivity contribution is 5.95. The molecule has 1 amide bonds. The third kappa shape index (κ3) is 3.25. The molecule has 3 aliphatic heterocycles. The molecule has 6 nitrogen and oxygen atoms in total. The van der Waals surface area contributed by atoms with E-state index in [0.29, 0.717) is 17.9 Å². The molecular weight excluding hydrogens is 350 g/mol. The first kappa shape index (κ1) is 17.9. The Hall–Kier alpha value is -2.18. The molecule has 2 unspecified atom stereocenters. The minimum Gasteiger partial charge on any atom is -0.339 e. The van der Waals surface area contributed by atoms with Crippen molar-refractivity contribution in [2.75, 3.05) is 19.6 Å². The van der Waals surface area contributed by atoms with Crippen LogP contribution in [0, 0.1) is 5.92 Å². The van der Waals surface area contributed by atoms with Crippen LogP contribution in [0.5, 0.6) is 0 Å². The number of likely N-dealkylation sites (tertiary alicyclic amines) is 1. The number of nitrogens with zero attached hydrogens (tertiary/aromatic N) is 3. The van der Waals surface area contributed by atoms with Crippen LogP contribution in [0.2, 0.25) is 0 Å². The molecule has 0 spiro atoms. The van der Waals surface area contributed by atoms with E-state index in [0.717, 1.165) is 63.1 Å². The van der Waals surface area contributed by atoms with E-state index in [9.17, 15) is 4.79 Å². The minimum absolute atomic E-state index is 0.179. The Balaban J connectivity index is 1.24. The zero-order valence-electron chi connectivity index (χ0n) is 16.3. The Kier molecular flexibility index (Phi) is 4.91. The van der Waals surface area contributed by atoms with Crippen LogP contribution < -0.4 is 10.9 Å². The molecule has 4 heterocycles. The Morgan fingerprint density at radius 1 is 1.07 bits per heavy atom. The van der Waals surface area contributed by atoms with Gasteiger partial charge in [-0.05, 0) is 43.6 Å². The molecule has 28 heavy (non-hydrogen) atoms. The molecule has 1 aromatic heterocycles. The molecule has 2 fully saturated rings. The average Bonchev–Trinajstić information content (AvgIpc) is 3.41. The van der Waals surface area contributed by atoms with Crippen molar-refractivity contribution in [3.8, 4) is 0 Å². The molecule has 0 saturated carbocycles. The summed E-state index contributed by atoms with van der Waals surface area (Å²) in [6.45, 7) is 3.60. The fraction of sp³-hybridized carbons (Fsp3) is 0.545. The number of nitrogens with one attached hydrogen (secondary N) is 2. The van der Waals surface area contributed by atoms with Gasteiger partial charge < -0.3 is 4.90 Å². The summed E-state index contributed by atoms with van der Waals surface area (Å²) in [6.07, 6.45) is 7.21. The third-order valence-corrected chi connectivity index (χ3v) is 6.80. The van der Waals surface area contributed by atoms with E-state index in [1.165, 1.54) is 12.0 Å². The number of aromatic nitrogens is 2. The molecular formula is C22H29N5O. The molecule has 5 rings (SSSR count). The fourth-order valence-corrected chi connectivity index (χ4v) is 5.22. The van der Waals surface area contributed by atoms with Crippen LogP contribution in [0.15, 0.2) is 36.5 Å².